The molecule has 2 rings (SSSR count). The molecule has 0 spiro atoms. The maximum atomic E-state index is 13.5. The predicted octanol–water partition coefficient (Wildman–Crippen LogP) is 4.33. The third-order valence-corrected chi connectivity index (χ3v) is 5.35. The summed E-state index contributed by atoms with van der Waals surface area (Å²) in [6.45, 7) is 10.7. The molecule has 1 aliphatic carbocycles. The topological polar surface area (TPSA) is 87.7 Å². The van der Waals surface area contributed by atoms with Crippen molar-refractivity contribution >= 4 is 17.9 Å². The largest absolute Gasteiger partial charge is 0.444 e. The first-order valence-electron chi connectivity index (χ1n) is 11.5. The first-order valence-corrected chi connectivity index (χ1v) is 11.5. The van der Waals surface area contributed by atoms with Crippen molar-refractivity contribution in [1.29, 1.82) is 0 Å². The molecule has 2 N–H and O–H groups in total. The molecule has 7 heteroatoms. The van der Waals surface area contributed by atoms with Crippen molar-refractivity contribution < 1.29 is 19.1 Å². The number of hydrogen-bond acceptors (Lipinski definition) is 4. The molecule has 7 nitrogen and oxygen atoms in total. The van der Waals surface area contributed by atoms with Crippen LogP contribution in [-0.4, -0.2) is 46.5 Å². The van der Waals surface area contributed by atoms with Crippen molar-refractivity contribution in [2.24, 2.45) is 0 Å². The van der Waals surface area contributed by atoms with Crippen LogP contribution in [-0.2, 0) is 14.3 Å². The maximum Gasteiger partial charge on any atom is 0.408 e. The summed E-state index contributed by atoms with van der Waals surface area (Å²) < 4.78 is 5.25. The Labute approximate surface area is 192 Å². The number of carbonyl (C=O) groups excluding carboxylic acids is 3. The molecule has 32 heavy (non-hydrogen) atoms. The molecule has 0 saturated heterocycles. The van der Waals surface area contributed by atoms with Crippen LogP contribution in [0.4, 0.5) is 4.79 Å². The molecule has 1 unspecified atom stereocenters. The van der Waals surface area contributed by atoms with E-state index in [1.807, 2.05) is 51.1 Å². The number of benzene rings is 1. The second-order valence-corrected chi connectivity index (χ2v) is 10.4. The molecule has 178 valence electrons. The van der Waals surface area contributed by atoms with E-state index in [0.717, 1.165) is 31.2 Å². The molecule has 0 aliphatic heterocycles. The Hall–Kier alpha value is -2.57. The normalized spacial score (nSPS) is 16.1. The molecule has 3 amide bonds. The van der Waals surface area contributed by atoms with Gasteiger partial charge in [0.05, 0.1) is 0 Å². The van der Waals surface area contributed by atoms with Gasteiger partial charge in [0.15, 0.2) is 0 Å². The molecule has 0 bridgehead atoms. The Bertz CT molecular complexity index is 775. The second-order valence-electron chi connectivity index (χ2n) is 10.4. The van der Waals surface area contributed by atoms with E-state index in [1.165, 1.54) is 6.42 Å². The van der Waals surface area contributed by atoms with E-state index in [2.05, 4.69) is 10.6 Å². The predicted molar refractivity (Wildman–Crippen MR) is 125 cm³/mol. The van der Waals surface area contributed by atoms with Gasteiger partial charge in [-0.15, -0.1) is 0 Å². The van der Waals surface area contributed by atoms with E-state index >= 15 is 0 Å². The summed E-state index contributed by atoms with van der Waals surface area (Å²) in [7, 11) is 0. The molecule has 1 atom stereocenters. The fourth-order valence-corrected chi connectivity index (χ4v) is 4.03. The number of hydrogen-bond donors (Lipinski definition) is 2. The van der Waals surface area contributed by atoms with Crippen molar-refractivity contribution in [1.82, 2.24) is 15.5 Å². The van der Waals surface area contributed by atoms with Crippen molar-refractivity contribution in [3.63, 3.8) is 0 Å². The molecule has 0 heterocycles. The molecule has 1 aromatic rings. The number of nitrogens with zero attached hydrogens (tertiary/aromatic N) is 1. The average Bonchev–Trinajstić information content (AvgIpc) is 2.69. The van der Waals surface area contributed by atoms with Crippen molar-refractivity contribution in [2.45, 2.75) is 96.9 Å². The van der Waals surface area contributed by atoms with Crippen LogP contribution in [0.2, 0.25) is 0 Å². The van der Waals surface area contributed by atoms with Gasteiger partial charge in [-0.05, 0) is 59.9 Å². The van der Waals surface area contributed by atoms with Crippen LogP contribution in [0.5, 0.6) is 0 Å². The van der Waals surface area contributed by atoms with Crippen molar-refractivity contribution in [3.05, 3.63) is 35.9 Å². The summed E-state index contributed by atoms with van der Waals surface area (Å²) in [4.78, 5) is 40.5. The highest BCUT2D eigenvalue weighted by molar-refractivity contribution is 5.91. The lowest BCUT2D eigenvalue weighted by atomic mass is 9.93. The summed E-state index contributed by atoms with van der Waals surface area (Å²) >= 11 is 0. The third kappa shape index (κ3) is 7.84. The standard InChI is InChI=1S/C25H39N3O4/c1-24(2,3)28(20(29)17-26-23(31)32-25(4,5)6)21(18-13-9-7-10-14-18)22(30)27-19-15-11-8-12-16-19/h7,9-10,13-14,19,21H,8,11-12,15-17H2,1-6H3,(H,26,31)(H,27,30). The lowest BCUT2D eigenvalue weighted by Crippen LogP contribution is -2.56. The highest BCUT2D eigenvalue weighted by atomic mass is 16.6. The molecule has 1 saturated carbocycles. The number of rotatable bonds is 6. The zero-order valence-electron chi connectivity index (χ0n) is 20.4. The van der Waals surface area contributed by atoms with Gasteiger partial charge < -0.3 is 20.3 Å². The number of nitrogens with one attached hydrogen (secondary N) is 2. The number of amides is 3. The van der Waals surface area contributed by atoms with Crippen LogP contribution in [0.15, 0.2) is 30.3 Å². The summed E-state index contributed by atoms with van der Waals surface area (Å²) in [5.74, 6) is -0.542. The second kappa shape index (κ2) is 10.8. The Morgan fingerprint density at radius 1 is 1.00 bits per heavy atom. The van der Waals surface area contributed by atoms with E-state index < -0.39 is 23.3 Å². The highest BCUT2D eigenvalue weighted by Gasteiger charge is 2.39. The smallest absolute Gasteiger partial charge is 0.408 e. The Morgan fingerprint density at radius 3 is 2.12 bits per heavy atom. The van der Waals surface area contributed by atoms with Crippen LogP contribution in [0.1, 0.15) is 85.3 Å². The highest BCUT2D eigenvalue weighted by Crippen LogP contribution is 2.30. The van der Waals surface area contributed by atoms with Crippen LogP contribution in [0.25, 0.3) is 0 Å². The Morgan fingerprint density at radius 2 is 1.59 bits per heavy atom. The summed E-state index contributed by atoms with van der Waals surface area (Å²) in [5.41, 5.74) is -0.582. The molecule has 0 aromatic heterocycles. The number of ether oxygens (including phenoxy) is 1. The molecule has 1 fully saturated rings. The minimum absolute atomic E-state index is 0.124. The van der Waals surface area contributed by atoms with Crippen LogP contribution in [0, 0.1) is 0 Å². The fraction of sp³-hybridized carbons (Fsp3) is 0.640. The first kappa shape index (κ1) is 25.7. The van der Waals surface area contributed by atoms with Gasteiger partial charge in [-0.2, -0.15) is 0 Å². The van der Waals surface area contributed by atoms with E-state index in [4.69, 9.17) is 4.74 Å². The minimum Gasteiger partial charge on any atom is -0.444 e. The lowest BCUT2D eigenvalue weighted by Gasteiger charge is -2.42. The van der Waals surface area contributed by atoms with Crippen molar-refractivity contribution in [3.8, 4) is 0 Å². The lowest BCUT2D eigenvalue weighted by molar-refractivity contribution is -0.146. The quantitative estimate of drug-likeness (QED) is 0.682. The zero-order chi connectivity index (χ0) is 23.9. The van der Waals surface area contributed by atoms with Crippen LogP contribution >= 0.6 is 0 Å². The van der Waals surface area contributed by atoms with E-state index in [0.29, 0.717) is 0 Å². The van der Waals surface area contributed by atoms with Gasteiger partial charge in [-0.25, -0.2) is 4.79 Å². The number of alkyl carbamates (subject to hydrolysis) is 1. The van der Waals surface area contributed by atoms with Crippen LogP contribution in [0.3, 0.4) is 0 Å². The van der Waals surface area contributed by atoms with Gasteiger partial charge in [-0.3, -0.25) is 9.59 Å². The zero-order valence-corrected chi connectivity index (χ0v) is 20.4. The molecule has 1 aliphatic rings. The van der Waals surface area contributed by atoms with Gasteiger partial charge in [-0.1, -0.05) is 49.6 Å². The summed E-state index contributed by atoms with van der Waals surface area (Å²) in [6, 6.07) is 8.65. The maximum absolute atomic E-state index is 13.5. The first-order chi connectivity index (χ1) is 14.9. The fourth-order valence-electron chi connectivity index (χ4n) is 4.03. The average molecular weight is 446 g/mol. The van der Waals surface area contributed by atoms with Crippen molar-refractivity contribution in [2.75, 3.05) is 6.54 Å². The van der Waals surface area contributed by atoms with E-state index in [9.17, 15) is 14.4 Å². The summed E-state index contributed by atoms with van der Waals surface area (Å²) in [6.07, 6.45) is 4.64. The van der Waals surface area contributed by atoms with Gasteiger partial charge >= 0.3 is 6.09 Å². The Kier molecular flexibility index (Phi) is 8.70. The van der Waals surface area contributed by atoms with Gasteiger partial charge in [0.2, 0.25) is 11.8 Å². The molecule has 1 aromatic carbocycles. The molecular weight excluding hydrogens is 406 g/mol. The SMILES string of the molecule is CC(C)(C)OC(=O)NCC(=O)N(C(C(=O)NC1CCCCC1)c1ccccc1)C(C)(C)C. The minimum atomic E-state index is -0.800. The Balaban J connectivity index is 2.27. The monoisotopic (exact) mass is 445 g/mol. The van der Waals surface area contributed by atoms with E-state index in [1.54, 1.807) is 25.7 Å². The third-order valence-electron chi connectivity index (χ3n) is 5.35. The van der Waals surface area contributed by atoms with Gasteiger partial charge in [0.1, 0.15) is 18.2 Å². The van der Waals surface area contributed by atoms with E-state index in [-0.39, 0.29) is 24.4 Å². The molecule has 0 radical (unpaired) electrons. The van der Waals surface area contributed by atoms with Gasteiger partial charge in [0.25, 0.3) is 0 Å². The van der Waals surface area contributed by atoms with Crippen LogP contribution < -0.4 is 10.6 Å². The number of carbonyl (C=O) groups is 3. The molecular formula is C25H39N3O4. The van der Waals surface area contributed by atoms with Gasteiger partial charge in [0, 0.05) is 11.6 Å². The summed E-state index contributed by atoms with van der Waals surface area (Å²) in [5, 5.41) is 5.71.